The molecule has 6 unspecified atom stereocenters. The molecule has 1 aliphatic heterocycles. The van der Waals surface area contributed by atoms with E-state index in [1.165, 1.54) is 12.1 Å². The van der Waals surface area contributed by atoms with E-state index >= 15 is 0 Å². The fourth-order valence-corrected chi connectivity index (χ4v) is 3.90. The van der Waals surface area contributed by atoms with Crippen molar-refractivity contribution >= 4 is 19.5 Å². The van der Waals surface area contributed by atoms with Crippen LogP contribution in [0, 0.1) is 0 Å². The number of nitrogens with one attached hydrogen (secondary N) is 1. The van der Waals surface area contributed by atoms with E-state index in [4.69, 9.17) is 18.5 Å². The molecular formula is C20H32NO11P. The number of ether oxygens (including phenoxy) is 2. The maximum absolute atomic E-state index is 12.0. The average Bonchev–Trinajstić information content (AvgIpc) is 2.66. The van der Waals surface area contributed by atoms with Gasteiger partial charge in [0.15, 0.2) is 6.10 Å². The molecule has 0 spiro atoms. The zero-order valence-corrected chi connectivity index (χ0v) is 19.9. The zero-order valence-electron chi connectivity index (χ0n) is 19.0. The molecule has 33 heavy (non-hydrogen) atoms. The van der Waals surface area contributed by atoms with Crippen LogP contribution in [0.4, 0.5) is 5.69 Å². The van der Waals surface area contributed by atoms with Gasteiger partial charge in [0.05, 0.1) is 18.4 Å². The standard InChI is InChI=1S/C20H32NO11P/c1-10(2)32-33(27,28)29-9-11-6-7-13(12(8-11)21-20(3,4)5)30-19-16(24)14(22)15(23)17(31-19)18(25)26/h6-8,10,14-17,19,21-24H,9H2,1-5H3,(H,25,26)(H,27,28). The predicted molar refractivity (Wildman–Crippen MR) is 116 cm³/mol. The van der Waals surface area contributed by atoms with Gasteiger partial charge in [-0.15, -0.1) is 0 Å². The smallest absolute Gasteiger partial charge is 0.472 e. The van der Waals surface area contributed by atoms with Crippen LogP contribution in [0.25, 0.3) is 0 Å². The van der Waals surface area contributed by atoms with Crippen LogP contribution in [0.3, 0.4) is 0 Å². The predicted octanol–water partition coefficient (Wildman–Crippen LogP) is 1.21. The van der Waals surface area contributed by atoms with E-state index in [0.29, 0.717) is 11.3 Å². The van der Waals surface area contributed by atoms with Gasteiger partial charge in [-0.2, -0.15) is 0 Å². The summed E-state index contributed by atoms with van der Waals surface area (Å²) in [6.07, 6.45) is -9.29. The molecule has 13 heteroatoms. The minimum absolute atomic E-state index is 0.135. The van der Waals surface area contributed by atoms with Gasteiger partial charge in [-0.05, 0) is 52.3 Å². The monoisotopic (exact) mass is 493 g/mol. The lowest BCUT2D eigenvalue weighted by Gasteiger charge is -2.38. The van der Waals surface area contributed by atoms with E-state index in [0.717, 1.165) is 0 Å². The SMILES string of the molecule is CC(C)OP(=O)(O)OCc1ccc(OC2OC(C(=O)O)C(O)C(O)C2O)c(NC(C)(C)C)c1. The largest absolute Gasteiger partial charge is 0.479 e. The zero-order chi connectivity index (χ0) is 25.1. The van der Waals surface area contributed by atoms with Gasteiger partial charge in [0.25, 0.3) is 0 Å². The van der Waals surface area contributed by atoms with Crippen LogP contribution < -0.4 is 10.1 Å². The molecule has 0 saturated carbocycles. The summed E-state index contributed by atoms with van der Waals surface area (Å²) in [5, 5.41) is 42.4. The van der Waals surface area contributed by atoms with Gasteiger partial charge in [0.2, 0.25) is 6.29 Å². The molecule has 1 heterocycles. The highest BCUT2D eigenvalue weighted by Gasteiger charge is 2.48. The highest BCUT2D eigenvalue weighted by molar-refractivity contribution is 7.47. The van der Waals surface area contributed by atoms with Gasteiger partial charge in [0, 0.05) is 5.54 Å². The average molecular weight is 493 g/mol. The Balaban J connectivity index is 2.27. The molecule has 1 aromatic carbocycles. The van der Waals surface area contributed by atoms with E-state index in [9.17, 15) is 34.7 Å². The summed E-state index contributed by atoms with van der Waals surface area (Å²) in [6, 6.07) is 4.56. The first kappa shape index (κ1) is 27.5. The number of rotatable bonds is 9. The van der Waals surface area contributed by atoms with E-state index in [-0.39, 0.29) is 12.4 Å². The first-order valence-corrected chi connectivity index (χ1v) is 11.7. The Morgan fingerprint density at radius 3 is 2.36 bits per heavy atom. The quantitative estimate of drug-likeness (QED) is 0.271. The second kappa shape index (κ2) is 10.7. The summed E-state index contributed by atoms with van der Waals surface area (Å²) >= 11 is 0. The van der Waals surface area contributed by atoms with Gasteiger partial charge in [-0.1, -0.05) is 6.07 Å². The Labute approximate surface area is 191 Å². The van der Waals surface area contributed by atoms with Crippen molar-refractivity contribution in [1.82, 2.24) is 0 Å². The third-order valence-electron chi connectivity index (χ3n) is 4.35. The highest BCUT2D eigenvalue weighted by Crippen LogP contribution is 2.45. The summed E-state index contributed by atoms with van der Waals surface area (Å²) in [6.45, 7) is 8.53. The van der Waals surface area contributed by atoms with Gasteiger partial charge >= 0.3 is 13.8 Å². The second-order valence-electron chi connectivity index (χ2n) is 8.95. The Bertz CT molecular complexity index is 872. The lowest BCUT2D eigenvalue weighted by molar-refractivity contribution is -0.271. The molecule has 2 rings (SSSR count). The number of carboxylic acid groups (broad SMARTS) is 1. The molecule has 0 bridgehead atoms. The molecule has 0 aliphatic carbocycles. The number of carbonyl (C=O) groups is 1. The van der Waals surface area contributed by atoms with Crippen molar-refractivity contribution in [2.75, 3.05) is 5.32 Å². The molecule has 6 N–H and O–H groups in total. The van der Waals surface area contributed by atoms with Crippen molar-refractivity contribution in [1.29, 1.82) is 0 Å². The number of aliphatic hydroxyl groups is 3. The molecule has 12 nitrogen and oxygen atoms in total. The third kappa shape index (κ3) is 7.90. The Hall–Kier alpha value is -1.76. The van der Waals surface area contributed by atoms with Crippen LogP contribution in [-0.2, 0) is 29.8 Å². The number of hydrogen-bond acceptors (Lipinski definition) is 10. The van der Waals surface area contributed by atoms with E-state index in [2.05, 4.69) is 5.32 Å². The first-order chi connectivity index (χ1) is 15.1. The molecule has 0 radical (unpaired) electrons. The normalized spacial score (nSPS) is 27.8. The van der Waals surface area contributed by atoms with Crippen LogP contribution in [0.2, 0.25) is 0 Å². The van der Waals surface area contributed by atoms with Crippen LogP contribution in [0.15, 0.2) is 18.2 Å². The van der Waals surface area contributed by atoms with E-state index in [1.807, 2.05) is 20.8 Å². The van der Waals surface area contributed by atoms with Crippen molar-refractivity contribution in [2.45, 2.75) is 83.6 Å². The summed E-state index contributed by atoms with van der Waals surface area (Å²) in [5.74, 6) is -1.39. The van der Waals surface area contributed by atoms with Crippen molar-refractivity contribution in [2.24, 2.45) is 0 Å². The van der Waals surface area contributed by atoms with Crippen LogP contribution in [0.5, 0.6) is 5.75 Å². The molecule has 6 atom stereocenters. The minimum atomic E-state index is -4.26. The summed E-state index contributed by atoms with van der Waals surface area (Å²) in [4.78, 5) is 21.1. The van der Waals surface area contributed by atoms with Gasteiger partial charge in [0.1, 0.15) is 24.1 Å². The molecule has 0 amide bonds. The molecule has 188 valence electrons. The highest BCUT2D eigenvalue weighted by atomic mass is 31.2. The van der Waals surface area contributed by atoms with Crippen molar-refractivity contribution in [3.8, 4) is 5.75 Å². The lowest BCUT2D eigenvalue weighted by atomic mass is 9.99. The van der Waals surface area contributed by atoms with Gasteiger partial charge < -0.3 is 40.1 Å². The number of aliphatic hydroxyl groups excluding tert-OH is 3. The molecule has 1 saturated heterocycles. The van der Waals surface area contributed by atoms with Crippen molar-refractivity contribution < 1.29 is 53.2 Å². The number of hydrogen-bond donors (Lipinski definition) is 6. The van der Waals surface area contributed by atoms with E-state index in [1.54, 1.807) is 19.9 Å². The van der Waals surface area contributed by atoms with Crippen LogP contribution >= 0.6 is 7.82 Å². The number of phosphoric ester groups is 1. The number of aliphatic carboxylic acids is 1. The van der Waals surface area contributed by atoms with E-state index < -0.39 is 56.1 Å². The molecule has 1 aliphatic rings. The number of benzene rings is 1. The summed E-state index contributed by atoms with van der Waals surface area (Å²) < 4.78 is 32.7. The van der Waals surface area contributed by atoms with Gasteiger partial charge in [-0.25, -0.2) is 9.36 Å². The lowest BCUT2D eigenvalue weighted by Crippen LogP contribution is -2.61. The molecule has 0 aromatic heterocycles. The Kier molecular flexibility index (Phi) is 8.88. The summed E-state index contributed by atoms with van der Waals surface area (Å²) in [5.41, 5.74) is 0.403. The summed E-state index contributed by atoms with van der Waals surface area (Å²) in [7, 11) is -4.26. The fourth-order valence-electron chi connectivity index (χ4n) is 3.00. The number of carboxylic acids is 1. The Morgan fingerprint density at radius 2 is 1.82 bits per heavy atom. The fraction of sp³-hybridized carbons (Fsp3) is 0.650. The maximum Gasteiger partial charge on any atom is 0.472 e. The second-order valence-corrected chi connectivity index (χ2v) is 10.4. The molecule has 1 aromatic rings. The molecule has 1 fully saturated rings. The maximum atomic E-state index is 12.0. The van der Waals surface area contributed by atoms with Crippen LogP contribution in [-0.4, -0.2) is 73.6 Å². The third-order valence-corrected chi connectivity index (χ3v) is 5.49. The minimum Gasteiger partial charge on any atom is -0.479 e. The van der Waals surface area contributed by atoms with Gasteiger partial charge in [-0.3, -0.25) is 9.05 Å². The number of phosphoric acid groups is 1. The first-order valence-electron chi connectivity index (χ1n) is 10.3. The Morgan fingerprint density at radius 1 is 1.18 bits per heavy atom. The van der Waals surface area contributed by atoms with Crippen molar-refractivity contribution in [3.63, 3.8) is 0 Å². The molecular weight excluding hydrogens is 461 g/mol. The number of anilines is 1. The van der Waals surface area contributed by atoms with Crippen LogP contribution in [0.1, 0.15) is 40.2 Å². The van der Waals surface area contributed by atoms with Crippen molar-refractivity contribution in [3.05, 3.63) is 23.8 Å². The topological polar surface area (TPSA) is 184 Å².